The fourth-order valence-corrected chi connectivity index (χ4v) is 2.00. The van der Waals surface area contributed by atoms with Crippen LogP contribution in [0.1, 0.15) is 25.2 Å². The molecule has 0 saturated heterocycles. The van der Waals surface area contributed by atoms with Crippen LogP contribution in [-0.4, -0.2) is 18.9 Å². The molecule has 0 unspecified atom stereocenters. The summed E-state index contributed by atoms with van der Waals surface area (Å²) < 4.78 is 4.46. The number of hydrogen-bond donors (Lipinski definition) is 0. The molecular formula is C13H18N4O2. The zero-order chi connectivity index (χ0) is 14.0. The van der Waals surface area contributed by atoms with Gasteiger partial charge in [-0.05, 0) is 19.4 Å². The van der Waals surface area contributed by atoms with Gasteiger partial charge in [0.05, 0.1) is 17.9 Å². The van der Waals surface area contributed by atoms with Crippen molar-refractivity contribution < 1.29 is 0 Å². The fraction of sp³-hybridized carbons (Fsp3) is 0.462. The molecule has 2 aromatic rings. The average Bonchev–Trinajstić information content (AvgIpc) is 2.75. The first-order valence-corrected chi connectivity index (χ1v) is 6.38. The number of nitrogens with zero attached hydrogens (tertiary/aromatic N) is 4. The summed E-state index contributed by atoms with van der Waals surface area (Å²) in [6.45, 7) is 4.69. The van der Waals surface area contributed by atoms with Crippen molar-refractivity contribution in [2.24, 2.45) is 7.05 Å². The van der Waals surface area contributed by atoms with Crippen LogP contribution in [0.2, 0.25) is 0 Å². The van der Waals surface area contributed by atoms with Gasteiger partial charge in [-0.25, -0.2) is 4.79 Å². The number of rotatable bonds is 4. The molecule has 19 heavy (non-hydrogen) atoms. The third-order valence-corrected chi connectivity index (χ3v) is 3.19. The first-order valence-electron chi connectivity index (χ1n) is 6.38. The smallest absolute Gasteiger partial charge is 0.301 e. The maximum absolute atomic E-state index is 12.1. The number of aromatic nitrogens is 4. The molecule has 0 atom stereocenters. The van der Waals surface area contributed by atoms with E-state index in [9.17, 15) is 9.59 Å². The van der Waals surface area contributed by atoms with Crippen LogP contribution in [0.15, 0.2) is 27.9 Å². The lowest BCUT2D eigenvalue weighted by molar-refractivity contribution is 0.575. The van der Waals surface area contributed by atoms with Gasteiger partial charge in [0.25, 0.3) is 5.56 Å². The van der Waals surface area contributed by atoms with E-state index in [1.807, 2.05) is 27.0 Å². The van der Waals surface area contributed by atoms with Crippen molar-refractivity contribution in [1.29, 1.82) is 0 Å². The molecule has 0 aliphatic heterocycles. The molecule has 0 aromatic carbocycles. The summed E-state index contributed by atoms with van der Waals surface area (Å²) in [7, 11) is 1.82. The van der Waals surface area contributed by atoms with Crippen LogP contribution in [0.25, 0.3) is 0 Å². The van der Waals surface area contributed by atoms with E-state index in [0.29, 0.717) is 6.54 Å². The molecule has 0 aliphatic carbocycles. The minimum absolute atomic E-state index is 0.252. The highest BCUT2D eigenvalue weighted by Crippen LogP contribution is 2.04. The largest absolute Gasteiger partial charge is 0.331 e. The lowest BCUT2D eigenvalue weighted by Gasteiger charge is -2.08. The van der Waals surface area contributed by atoms with Gasteiger partial charge in [-0.1, -0.05) is 6.92 Å². The maximum Gasteiger partial charge on any atom is 0.331 e. The highest BCUT2D eigenvalue weighted by Gasteiger charge is 2.09. The molecule has 2 rings (SSSR count). The van der Waals surface area contributed by atoms with Crippen molar-refractivity contribution in [1.82, 2.24) is 18.9 Å². The van der Waals surface area contributed by atoms with Gasteiger partial charge in [0.1, 0.15) is 0 Å². The number of aryl methyl sites for hydroxylation is 3. The third-order valence-electron chi connectivity index (χ3n) is 3.19. The molecule has 0 bridgehead atoms. The van der Waals surface area contributed by atoms with Crippen molar-refractivity contribution >= 4 is 0 Å². The normalized spacial score (nSPS) is 10.9. The summed E-state index contributed by atoms with van der Waals surface area (Å²) in [5, 5.41) is 4.32. The predicted octanol–water partition coefficient (Wildman–Crippen LogP) is 0.374. The fourth-order valence-electron chi connectivity index (χ4n) is 2.00. The quantitative estimate of drug-likeness (QED) is 0.800. The molecule has 0 aliphatic rings. The zero-order valence-corrected chi connectivity index (χ0v) is 11.5. The Balaban J connectivity index is 2.46. The Hall–Kier alpha value is -2.11. The first kappa shape index (κ1) is 13.3. The van der Waals surface area contributed by atoms with Crippen LogP contribution in [0, 0.1) is 0 Å². The highest BCUT2D eigenvalue weighted by atomic mass is 16.2. The molecule has 0 spiro atoms. The van der Waals surface area contributed by atoms with Crippen LogP contribution in [0.4, 0.5) is 0 Å². The number of hydrogen-bond acceptors (Lipinski definition) is 3. The van der Waals surface area contributed by atoms with Crippen LogP contribution >= 0.6 is 0 Å². The third kappa shape index (κ3) is 2.52. The highest BCUT2D eigenvalue weighted by molar-refractivity contribution is 5.10. The van der Waals surface area contributed by atoms with Gasteiger partial charge >= 0.3 is 5.69 Å². The SMILES string of the molecule is CCc1cc(Cn2c(=O)ccn(CC)c2=O)n(C)n1. The summed E-state index contributed by atoms with van der Waals surface area (Å²) in [6, 6.07) is 3.34. The Bertz CT molecular complexity index is 693. The van der Waals surface area contributed by atoms with E-state index in [1.165, 1.54) is 21.4 Å². The van der Waals surface area contributed by atoms with Gasteiger partial charge in [-0.2, -0.15) is 5.10 Å². The Morgan fingerprint density at radius 3 is 2.58 bits per heavy atom. The monoisotopic (exact) mass is 262 g/mol. The van der Waals surface area contributed by atoms with Crippen LogP contribution in [-0.2, 0) is 26.6 Å². The van der Waals surface area contributed by atoms with E-state index in [2.05, 4.69) is 5.10 Å². The van der Waals surface area contributed by atoms with E-state index >= 15 is 0 Å². The van der Waals surface area contributed by atoms with E-state index in [1.54, 1.807) is 4.68 Å². The minimum Gasteiger partial charge on any atom is -0.301 e. The summed E-state index contributed by atoms with van der Waals surface area (Å²) in [5.74, 6) is 0. The maximum atomic E-state index is 12.1. The predicted molar refractivity (Wildman–Crippen MR) is 72.3 cm³/mol. The molecule has 0 N–H and O–H groups in total. The molecule has 0 fully saturated rings. The van der Waals surface area contributed by atoms with E-state index < -0.39 is 0 Å². The second kappa shape index (κ2) is 5.26. The van der Waals surface area contributed by atoms with Crippen molar-refractivity contribution in [2.45, 2.75) is 33.4 Å². The second-order valence-corrected chi connectivity index (χ2v) is 4.41. The van der Waals surface area contributed by atoms with Gasteiger partial charge in [-0.15, -0.1) is 0 Å². The van der Waals surface area contributed by atoms with Crippen LogP contribution < -0.4 is 11.2 Å². The summed E-state index contributed by atoms with van der Waals surface area (Å²) in [4.78, 5) is 23.9. The van der Waals surface area contributed by atoms with Gasteiger partial charge in [0, 0.05) is 25.9 Å². The van der Waals surface area contributed by atoms with E-state index in [0.717, 1.165) is 17.8 Å². The zero-order valence-electron chi connectivity index (χ0n) is 11.5. The molecule has 0 saturated carbocycles. The molecule has 6 nitrogen and oxygen atoms in total. The van der Waals surface area contributed by atoms with Crippen LogP contribution in [0.5, 0.6) is 0 Å². The van der Waals surface area contributed by atoms with Crippen molar-refractivity contribution in [2.75, 3.05) is 0 Å². The molecule has 6 heteroatoms. The topological polar surface area (TPSA) is 61.8 Å². The Kier molecular flexibility index (Phi) is 3.69. The van der Waals surface area contributed by atoms with Crippen molar-refractivity contribution in [3.8, 4) is 0 Å². The summed E-state index contributed by atoms with van der Waals surface area (Å²) >= 11 is 0. The molecule has 0 radical (unpaired) electrons. The molecule has 102 valence electrons. The van der Waals surface area contributed by atoms with Gasteiger partial charge < -0.3 is 4.57 Å². The molecule has 2 aromatic heterocycles. The Morgan fingerprint density at radius 2 is 2.00 bits per heavy atom. The Labute approximate surface area is 110 Å². The molecule has 2 heterocycles. The lowest BCUT2D eigenvalue weighted by atomic mass is 10.3. The van der Waals surface area contributed by atoms with Crippen molar-refractivity contribution in [3.05, 3.63) is 50.6 Å². The summed E-state index contributed by atoms with van der Waals surface area (Å²) in [5.41, 5.74) is 1.24. The molecule has 0 amide bonds. The second-order valence-electron chi connectivity index (χ2n) is 4.41. The van der Waals surface area contributed by atoms with Gasteiger partial charge in [-0.3, -0.25) is 14.0 Å². The minimum atomic E-state index is -0.283. The van der Waals surface area contributed by atoms with Crippen molar-refractivity contribution in [3.63, 3.8) is 0 Å². The molecular weight excluding hydrogens is 244 g/mol. The summed E-state index contributed by atoms with van der Waals surface area (Å²) in [6.07, 6.45) is 2.36. The first-order chi connectivity index (χ1) is 9.06. The van der Waals surface area contributed by atoms with E-state index in [4.69, 9.17) is 0 Å². The van der Waals surface area contributed by atoms with E-state index in [-0.39, 0.29) is 17.8 Å². The van der Waals surface area contributed by atoms with Gasteiger partial charge in [0.15, 0.2) is 0 Å². The standard InChI is InChI=1S/C13H18N4O2/c1-4-10-8-11(15(3)14-10)9-17-12(18)6-7-16(5-2)13(17)19/h6-8H,4-5,9H2,1-3H3. The lowest BCUT2D eigenvalue weighted by Crippen LogP contribution is -2.39. The Morgan fingerprint density at radius 1 is 1.26 bits per heavy atom. The van der Waals surface area contributed by atoms with Crippen LogP contribution in [0.3, 0.4) is 0 Å². The average molecular weight is 262 g/mol. The van der Waals surface area contributed by atoms with Gasteiger partial charge in [0.2, 0.25) is 0 Å².